The zero-order valence-electron chi connectivity index (χ0n) is 66.4. The molecule has 15 rings (SSSR count). The number of piperazine rings is 3. The molecule has 6 saturated carbocycles. The Morgan fingerprint density at radius 1 is 0.483 bits per heavy atom. The number of carbonyl (C=O) groups excluding carboxylic acids is 3. The smallest absolute Gasteiger partial charge is 0.321 e. The number of nitrogens with zero attached hydrogens (tertiary/aromatic N) is 11. The number of fused-ring (bicyclic) bond motifs is 3. The van der Waals surface area contributed by atoms with Gasteiger partial charge in [-0.15, -0.1) is 0 Å². The molecule has 9 fully saturated rings. The highest BCUT2D eigenvalue weighted by atomic mass is 35.5. The number of carbonyl (C=O) groups is 3. The largest absolute Gasteiger partial charge is 0.419 e. The Morgan fingerprint density at radius 3 is 1.24 bits per heavy atom. The van der Waals surface area contributed by atoms with E-state index in [2.05, 4.69) is 97.4 Å². The number of amides is 6. The quantitative estimate of drug-likeness (QED) is 0.0523. The minimum absolute atomic E-state index is 0.00690. The van der Waals surface area contributed by atoms with Gasteiger partial charge in [0.1, 0.15) is 17.5 Å². The molecule has 9 atom stereocenters. The summed E-state index contributed by atoms with van der Waals surface area (Å²) in [5.41, 5.74) is 2.23. The van der Waals surface area contributed by atoms with Gasteiger partial charge in [0.15, 0.2) is 0 Å². The van der Waals surface area contributed by atoms with E-state index < -0.39 is 53.0 Å². The topological polar surface area (TPSA) is 164 Å². The van der Waals surface area contributed by atoms with Crippen LogP contribution in [0.4, 0.5) is 71.0 Å². The summed E-state index contributed by atoms with van der Waals surface area (Å²) in [4.78, 5) is 60.8. The highest BCUT2D eigenvalue weighted by Crippen LogP contribution is 2.68. The molecular formula is C88H105Cl2F9N14O3. The maximum atomic E-state index is 13.9. The van der Waals surface area contributed by atoms with Crippen LogP contribution in [0.15, 0.2) is 127 Å². The summed E-state index contributed by atoms with van der Waals surface area (Å²) in [6, 6.07) is 36.3. The van der Waals surface area contributed by atoms with Gasteiger partial charge in [-0.2, -0.15) is 36.9 Å². The lowest BCUT2D eigenvalue weighted by Crippen LogP contribution is -2.51. The predicted octanol–water partition coefficient (Wildman–Crippen LogP) is 17.4. The van der Waals surface area contributed by atoms with Crippen LogP contribution < -0.4 is 16.0 Å². The van der Waals surface area contributed by atoms with E-state index in [4.69, 9.17) is 23.2 Å². The monoisotopic (exact) mass is 1650 g/mol. The van der Waals surface area contributed by atoms with E-state index in [-0.39, 0.29) is 68.6 Å². The number of urea groups is 3. The number of alkyl halides is 6. The molecule has 6 amide bonds. The maximum absolute atomic E-state index is 13.9. The zero-order chi connectivity index (χ0) is 82.4. The molecule has 0 spiro atoms. The van der Waals surface area contributed by atoms with E-state index in [1.54, 1.807) is 28.0 Å². The van der Waals surface area contributed by atoms with Crippen molar-refractivity contribution >= 4 is 58.4 Å². The Kier molecular flexibility index (Phi) is 27.0. The third-order valence-corrected chi connectivity index (χ3v) is 26.6. The van der Waals surface area contributed by atoms with Crippen LogP contribution >= 0.6 is 23.2 Å². The van der Waals surface area contributed by atoms with Crippen molar-refractivity contribution in [1.29, 1.82) is 10.5 Å². The Labute approximate surface area is 685 Å². The van der Waals surface area contributed by atoms with E-state index in [9.17, 15) is 64.4 Å². The van der Waals surface area contributed by atoms with Crippen LogP contribution in [0.3, 0.4) is 0 Å². The molecule has 622 valence electrons. The minimum atomic E-state index is -4.86. The molecular weight excluding hydrogens is 1540 g/mol. The van der Waals surface area contributed by atoms with Crippen molar-refractivity contribution in [2.24, 2.45) is 23.7 Å². The van der Waals surface area contributed by atoms with Crippen molar-refractivity contribution in [2.45, 2.75) is 138 Å². The van der Waals surface area contributed by atoms with Gasteiger partial charge in [0, 0.05) is 174 Å². The van der Waals surface area contributed by atoms with E-state index in [0.717, 1.165) is 209 Å². The molecule has 6 aromatic rings. The number of benzene rings is 6. The second-order valence-corrected chi connectivity index (χ2v) is 34.6. The number of rotatable bonds is 23. The molecule has 17 nitrogen and oxygen atoms in total. The number of likely N-dealkylation sites (N-methyl/N-ethyl adjacent to an activating group) is 1. The molecule has 116 heavy (non-hydrogen) atoms. The van der Waals surface area contributed by atoms with Crippen molar-refractivity contribution in [3.05, 3.63) is 194 Å². The van der Waals surface area contributed by atoms with Crippen LogP contribution in [-0.4, -0.2) is 218 Å². The average molecular weight is 1650 g/mol. The second kappa shape index (κ2) is 36.6. The Hall–Kier alpha value is -8.18. The summed E-state index contributed by atoms with van der Waals surface area (Å²) in [5.74, 6) is -1.78. The van der Waals surface area contributed by atoms with Crippen molar-refractivity contribution in [2.75, 3.05) is 154 Å². The molecule has 0 radical (unpaired) electrons. The van der Waals surface area contributed by atoms with Crippen LogP contribution in [0.2, 0.25) is 10.0 Å². The number of hydrogen-bond acceptors (Lipinski definition) is 11. The fourth-order valence-electron chi connectivity index (χ4n) is 19.7. The highest BCUT2D eigenvalue weighted by Gasteiger charge is 2.66. The fraction of sp³-hybridized carbons (Fsp3) is 0.534. The van der Waals surface area contributed by atoms with Gasteiger partial charge in [-0.1, -0.05) is 80.4 Å². The van der Waals surface area contributed by atoms with Gasteiger partial charge in [-0.05, 0) is 222 Å². The molecule has 3 heterocycles. The summed E-state index contributed by atoms with van der Waals surface area (Å²) >= 11 is 12.3. The summed E-state index contributed by atoms with van der Waals surface area (Å²) in [6.07, 6.45) is 0.545. The van der Waals surface area contributed by atoms with E-state index in [0.29, 0.717) is 73.5 Å². The first-order valence-electron chi connectivity index (χ1n) is 41.0. The van der Waals surface area contributed by atoms with E-state index in [1.807, 2.05) is 53.4 Å². The lowest BCUT2D eigenvalue weighted by molar-refractivity contribution is -0.140. The third-order valence-electron chi connectivity index (χ3n) is 26.1. The Balaban J connectivity index is 0.000000152. The summed E-state index contributed by atoms with van der Waals surface area (Å²) < 4.78 is 121. The maximum Gasteiger partial charge on any atom is 0.419 e. The molecule has 0 unspecified atom stereocenters. The molecule has 0 bridgehead atoms. The van der Waals surface area contributed by atoms with Crippen molar-refractivity contribution in [1.82, 2.24) is 44.1 Å². The molecule has 6 aromatic carbocycles. The van der Waals surface area contributed by atoms with Crippen LogP contribution in [0, 0.1) is 63.8 Å². The summed E-state index contributed by atoms with van der Waals surface area (Å²) in [6.45, 7) is 24.4. The summed E-state index contributed by atoms with van der Waals surface area (Å²) in [5, 5.41) is 27.8. The molecule has 3 aliphatic heterocycles. The first-order chi connectivity index (χ1) is 55.5. The fourth-order valence-corrected chi connectivity index (χ4v) is 20.1. The molecule has 9 aliphatic rings. The van der Waals surface area contributed by atoms with Gasteiger partial charge >= 0.3 is 30.4 Å². The molecule has 3 saturated heterocycles. The number of halogens is 11. The SMILES string of the molecule is CC(C)CN1CCN(CCN(C(=O)Nc2ccc(F)c(C(F)(F)F)c2)[C@@H]2CC[C@]3(c4cccc(C#N)c4)C[C@H]23)CC1.CCCN1CCN(CCN(C(=O)Nc2ccc(F)c(C(F)(F)F)c2)[C@@H]2CC[C@]3(c4cccc(C#N)c4)C[C@H]23)CC1.CN1CCN(CCCN(C(=O)Nc2ccc(F)c(Cl)c2)[C@@H]2CC[C@@]3(c4cccc(Cl)c4)C[C@H]23)CC1. The van der Waals surface area contributed by atoms with Gasteiger partial charge in [0.25, 0.3) is 0 Å². The second-order valence-electron chi connectivity index (χ2n) is 33.7. The molecule has 3 N–H and O–H groups in total. The standard InChI is InChI=1S/C31H37F4N5O.C30H35F4N5O.C27H33Cl2FN4O/c1-21(2)20-39-12-10-38(11-13-39)14-15-40(29(41)37-24-6-7-27(32)25(17-24)31(33,34)35)28-8-9-30(18-26(28)30)23-5-3-4-22(16-23)19-36;1-2-10-37-11-13-38(14-12-37)15-16-39(28(40)36-23-6-7-26(31)24(18-23)30(32,33)34)27-8-9-29(19-25(27)29)22-5-3-4-21(17-22)20-35;1-32-12-14-33(15-13-32)10-3-11-34(26(35)31-21-6-7-24(30)23(29)17-21)25-8-9-27(18-22(25)27)19-4-2-5-20(28)16-19/h3-7,16-17,21,26,28H,8-15,18,20H2,1-2H3,(H,37,41);3-7,17-18,25,27H,2,8-16,19H2,1H3,(H,36,40);2,4-7,16-17,22,25H,3,8-15,18H2,1H3,(H,31,35)/t26-,28-,30-;25-,27-,29-;22-,25-,27+/m111/s1. The number of anilines is 3. The van der Waals surface area contributed by atoms with Gasteiger partial charge in [-0.25, -0.2) is 27.6 Å². The lowest BCUT2D eigenvalue weighted by Gasteiger charge is -2.37. The Bertz CT molecular complexity index is 4540. The van der Waals surface area contributed by atoms with Gasteiger partial charge in [0.05, 0.1) is 39.4 Å². The predicted molar refractivity (Wildman–Crippen MR) is 433 cm³/mol. The lowest BCUT2D eigenvalue weighted by atomic mass is 9.92. The average Bonchev–Trinajstić information content (AvgIpc) is 1.55. The minimum Gasteiger partial charge on any atom is -0.321 e. The van der Waals surface area contributed by atoms with Crippen molar-refractivity contribution in [3.8, 4) is 12.1 Å². The van der Waals surface area contributed by atoms with E-state index in [1.165, 1.54) is 17.7 Å². The van der Waals surface area contributed by atoms with Crippen molar-refractivity contribution < 1.29 is 53.9 Å². The Morgan fingerprint density at radius 2 is 0.853 bits per heavy atom. The molecule has 0 aromatic heterocycles. The molecule has 28 heteroatoms. The number of hydrogen-bond donors (Lipinski definition) is 3. The first kappa shape index (κ1) is 85.7. The summed E-state index contributed by atoms with van der Waals surface area (Å²) in [7, 11) is 2.16. The van der Waals surface area contributed by atoms with Gasteiger partial charge in [-0.3, -0.25) is 9.80 Å². The van der Waals surface area contributed by atoms with Gasteiger partial charge in [0.2, 0.25) is 0 Å². The van der Waals surface area contributed by atoms with Crippen LogP contribution in [0.25, 0.3) is 0 Å². The van der Waals surface area contributed by atoms with Crippen LogP contribution in [-0.2, 0) is 28.6 Å². The molecule has 6 aliphatic carbocycles. The zero-order valence-corrected chi connectivity index (χ0v) is 67.9. The normalized spacial score (nSPS) is 25.2. The van der Waals surface area contributed by atoms with Crippen LogP contribution in [0.1, 0.15) is 130 Å². The number of nitrogens with one attached hydrogen (secondary N) is 3. The number of nitriles is 2. The third kappa shape index (κ3) is 20.0. The first-order valence-corrected chi connectivity index (χ1v) is 41.7. The van der Waals surface area contributed by atoms with Crippen LogP contribution in [0.5, 0.6) is 0 Å². The van der Waals surface area contributed by atoms with Gasteiger partial charge < -0.3 is 50.2 Å². The van der Waals surface area contributed by atoms with Crippen molar-refractivity contribution in [3.63, 3.8) is 0 Å². The van der Waals surface area contributed by atoms with E-state index >= 15 is 0 Å². The highest BCUT2D eigenvalue weighted by molar-refractivity contribution is 6.31.